The summed E-state index contributed by atoms with van der Waals surface area (Å²) in [6.07, 6.45) is 1.59. The smallest absolute Gasteiger partial charge is 0.158 e. The Balaban J connectivity index is 1.38. The molecule has 178 valence electrons. The van der Waals surface area contributed by atoms with E-state index in [1.165, 1.54) is 17.2 Å². The molecule has 5 rings (SSSR count). The molecule has 0 amide bonds. The van der Waals surface area contributed by atoms with Gasteiger partial charge in [-0.1, -0.05) is 72.8 Å². The Bertz CT molecular complexity index is 1200. The van der Waals surface area contributed by atoms with Crippen LogP contribution in [0.2, 0.25) is 0 Å². The highest BCUT2D eigenvalue weighted by Crippen LogP contribution is 2.32. The van der Waals surface area contributed by atoms with Gasteiger partial charge in [0.05, 0.1) is 5.69 Å². The van der Waals surface area contributed by atoms with E-state index in [0.717, 1.165) is 11.6 Å². The standard InChI is InChI=1S/C28H29FN6/c29-24-13-7-8-14-25(24)33-15-17-34(18-16-33)27-26(30)28(32-21-31-27)35(19-22-9-3-1-4-10-22)20-23-11-5-2-6-12-23/h1-14,21H,15-20,30H2. The van der Waals surface area contributed by atoms with Gasteiger partial charge in [0.2, 0.25) is 0 Å². The number of aromatic nitrogens is 2. The molecule has 0 atom stereocenters. The molecule has 35 heavy (non-hydrogen) atoms. The first-order valence-corrected chi connectivity index (χ1v) is 11.9. The Kier molecular flexibility index (Phi) is 6.75. The van der Waals surface area contributed by atoms with Gasteiger partial charge in [0.15, 0.2) is 11.6 Å². The number of nitrogens with zero attached hydrogens (tertiary/aromatic N) is 5. The van der Waals surface area contributed by atoms with Gasteiger partial charge in [0, 0.05) is 39.3 Å². The van der Waals surface area contributed by atoms with Crippen molar-refractivity contribution in [2.75, 3.05) is 46.6 Å². The van der Waals surface area contributed by atoms with Crippen molar-refractivity contribution in [3.8, 4) is 0 Å². The van der Waals surface area contributed by atoms with Gasteiger partial charge in [-0.15, -0.1) is 0 Å². The number of hydrogen-bond donors (Lipinski definition) is 1. The van der Waals surface area contributed by atoms with Gasteiger partial charge >= 0.3 is 0 Å². The fraction of sp³-hybridized carbons (Fsp3) is 0.214. The fourth-order valence-corrected chi connectivity index (χ4v) is 4.56. The molecule has 6 nitrogen and oxygen atoms in total. The number of anilines is 4. The fourth-order valence-electron chi connectivity index (χ4n) is 4.56. The van der Waals surface area contributed by atoms with Crippen LogP contribution in [0.15, 0.2) is 91.3 Å². The molecule has 0 saturated carbocycles. The average Bonchev–Trinajstić information content (AvgIpc) is 2.90. The first-order chi connectivity index (χ1) is 17.2. The summed E-state index contributed by atoms with van der Waals surface area (Å²) in [4.78, 5) is 15.6. The van der Waals surface area contributed by atoms with Crippen molar-refractivity contribution < 1.29 is 4.39 Å². The molecule has 7 heteroatoms. The maximum Gasteiger partial charge on any atom is 0.158 e. The van der Waals surface area contributed by atoms with Crippen molar-refractivity contribution in [3.05, 3.63) is 108 Å². The molecule has 0 spiro atoms. The van der Waals surface area contributed by atoms with E-state index in [9.17, 15) is 4.39 Å². The maximum absolute atomic E-state index is 14.3. The minimum absolute atomic E-state index is 0.192. The van der Waals surface area contributed by atoms with E-state index < -0.39 is 0 Å². The molecule has 0 aliphatic carbocycles. The number of nitrogens with two attached hydrogens (primary N) is 1. The number of hydrogen-bond acceptors (Lipinski definition) is 6. The molecule has 4 aromatic rings. The van der Waals surface area contributed by atoms with E-state index in [1.54, 1.807) is 12.4 Å². The molecule has 3 aromatic carbocycles. The summed E-state index contributed by atoms with van der Waals surface area (Å²) in [5.41, 5.74) is 10.3. The van der Waals surface area contributed by atoms with Crippen LogP contribution < -0.4 is 20.4 Å². The molecule has 2 heterocycles. The van der Waals surface area contributed by atoms with Gasteiger partial charge in [-0.05, 0) is 23.3 Å². The lowest BCUT2D eigenvalue weighted by Gasteiger charge is -2.37. The summed E-state index contributed by atoms with van der Waals surface area (Å²) in [6.45, 7) is 4.14. The van der Waals surface area contributed by atoms with Crippen LogP contribution in [-0.2, 0) is 13.1 Å². The Morgan fingerprint density at radius 1 is 0.714 bits per heavy atom. The second kappa shape index (κ2) is 10.4. The van der Waals surface area contributed by atoms with E-state index in [0.29, 0.717) is 50.6 Å². The molecule has 1 fully saturated rings. The van der Waals surface area contributed by atoms with Gasteiger partial charge in [-0.2, -0.15) is 0 Å². The molecular formula is C28H29FN6. The molecule has 1 aliphatic rings. The van der Waals surface area contributed by atoms with Crippen LogP contribution in [0.25, 0.3) is 0 Å². The van der Waals surface area contributed by atoms with Crippen LogP contribution in [-0.4, -0.2) is 36.1 Å². The second-order valence-corrected chi connectivity index (χ2v) is 8.69. The summed E-state index contributed by atoms with van der Waals surface area (Å²) < 4.78 is 14.3. The number of halogens is 1. The first-order valence-electron chi connectivity index (χ1n) is 11.9. The first kappa shape index (κ1) is 22.7. The zero-order valence-corrected chi connectivity index (χ0v) is 19.6. The summed E-state index contributed by atoms with van der Waals surface area (Å²) in [5.74, 6) is 1.26. The van der Waals surface area contributed by atoms with Crippen molar-refractivity contribution in [1.82, 2.24) is 9.97 Å². The van der Waals surface area contributed by atoms with Gasteiger partial charge in [-0.25, -0.2) is 14.4 Å². The van der Waals surface area contributed by atoms with Crippen LogP contribution >= 0.6 is 0 Å². The zero-order valence-electron chi connectivity index (χ0n) is 19.6. The molecule has 0 bridgehead atoms. The summed E-state index contributed by atoms with van der Waals surface area (Å²) in [7, 11) is 0. The highest BCUT2D eigenvalue weighted by atomic mass is 19.1. The van der Waals surface area contributed by atoms with E-state index in [4.69, 9.17) is 5.73 Å². The third-order valence-electron chi connectivity index (χ3n) is 6.35. The molecule has 1 aromatic heterocycles. The monoisotopic (exact) mass is 468 g/mol. The van der Waals surface area contributed by atoms with Crippen LogP contribution in [0.1, 0.15) is 11.1 Å². The Hall–Kier alpha value is -4.13. The van der Waals surface area contributed by atoms with E-state index in [-0.39, 0.29) is 5.82 Å². The third-order valence-corrected chi connectivity index (χ3v) is 6.35. The molecule has 1 aliphatic heterocycles. The quantitative estimate of drug-likeness (QED) is 0.423. The molecule has 0 radical (unpaired) electrons. The predicted octanol–water partition coefficient (Wildman–Crippen LogP) is 4.73. The third kappa shape index (κ3) is 5.19. The van der Waals surface area contributed by atoms with Crippen molar-refractivity contribution in [1.29, 1.82) is 0 Å². The van der Waals surface area contributed by atoms with Gasteiger partial charge < -0.3 is 20.4 Å². The number of nitrogen functional groups attached to an aromatic ring is 1. The van der Waals surface area contributed by atoms with Gasteiger partial charge in [-0.3, -0.25) is 0 Å². The van der Waals surface area contributed by atoms with E-state index >= 15 is 0 Å². The molecule has 0 unspecified atom stereocenters. The largest absolute Gasteiger partial charge is 0.393 e. The van der Waals surface area contributed by atoms with Crippen molar-refractivity contribution >= 4 is 23.0 Å². The zero-order chi connectivity index (χ0) is 24.0. The summed E-state index contributed by atoms with van der Waals surface area (Å²) in [5, 5.41) is 0. The SMILES string of the molecule is Nc1c(N2CCN(c3ccccc3F)CC2)ncnc1N(Cc1ccccc1)Cc1ccccc1. The minimum Gasteiger partial charge on any atom is -0.393 e. The maximum atomic E-state index is 14.3. The lowest BCUT2D eigenvalue weighted by molar-refractivity contribution is 0.596. The molecule has 1 saturated heterocycles. The highest BCUT2D eigenvalue weighted by molar-refractivity contribution is 5.76. The minimum atomic E-state index is -0.192. The number of rotatable bonds is 7. The average molecular weight is 469 g/mol. The van der Waals surface area contributed by atoms with Crippen LogP contribution in [0.3, 0.4) is 0 Å². The summed E-state index contributed by atoms with van der Waals surface area (Å²) in [6, 6.07) is 27.6. The van der Waals surface area contributed by atoms with Gasteiger partial charge in [0.25, 0.3) is 0 Å². The van der Waals surface area contributed by atoms with Crippen LogP contribution in [0.5, 0.6) is 0 Å². The van der Waals surface area contributed by atoms with Crippen molar-refractivity contribution in [3.63, 3.8) is 0 Å². The Morgan fingerprint density at radius 2 is 1.26 bits per heavy atom. The van der Waals surface area contributed by atoms with Crippen LogP contribution in [0.4, 0.5) is 27.4 Å². The van der Waals surface area contributed by atoms with E-state index in [2.05, 4.69) is 48.9 Å². The van der Waals surface area contributed by atoms with Crippen LogP contribution in [0, 0.1) is 5.82 Å². The van der Waals surface area contributed by atoms with E-state index in [1.807, 2.05) is 48.5 Å². The molecule has 2 N–H and O–H groups in total. The number of piperazine rings is 1. The lowest BCUT2D eigenvalue weighted by atomic mass is 10.1. The Labute approximate surface area is 205 Å². The lowest BCUT2D eigenvalue weighted by Crippen LogP contribution is -2.47. The Morgan fingerprint density at radius 3 is 1.86 bits per heavy atom. The highest BCUT2D eigenvalue weighted by Gasteiger charge is 2.24. The number of benzene rings is 3. The van der Waals surface area contributed by atoms with Crippen molar-refractivity contribution in [2.24, 2.45) is 0 Å². The van der Waals surface area contributed by atoms with Gasteiger partial charge in [0.1, 0.15) is 17.8 Å². The second-order valence-electron chi connectivity index (χ2n) is 8.69. The number of para-hydroxylation sites is 1. The normalized spacial score (nSPS) is 13.6. The predicted molar refractivity (Wildman–Crippen MR) is 140 cm³/mol. The van der Waals surface area contributed by atoms with Crippen molar-refractivity contribution in [2.45, 2.75) is 13.1 Å². The topological polar surface area (TPSA) is 61.5 Å². The molecular weight excluding hydrogens is 439 g/mol. The summed E-state index contributed by atoms with van der Waals surface area (Å²) >= 11 is 0.